The van der Waals surface area contributed by atoms with Crippen LogP contribution in [0.25, 0.3) is 0 Å². The highest BCUT2D eigenvalue weighted by Gasteiger charge is 2.39. The summed E-state index contributed by atoms with van der Waals surface area (Å²) in [6.07, 6.45) is 0.545. The van der Waals surface area contributed by atoms with Crippen molar-refractivity contribution in [3.63, 3.8) is 0 Å². The van der Waals surface area contributed by atoms with Crippen LogP contribution in [0, 0.1) is 11.8 Å². The molecule has 22 heavy (non-hydrogen) atoms. The summed E-state index contributed by atoms with van der Waals surface area (Å²) in [5.74, 6) is 0.175. The molecular weight excluding hydrogens is 280 g/mol. The Kier molecular flexibility index (Phi) is 5.41. The minimum atomic E-state index is -0.337. The highest BCUT2D eigenvalue weighted by atomic mass is 16.6. The Balaban J connectivity index is 1.92. The summed E-state index contributed by atoms with van der Waals surface area (Å²) in [6, 6.07) is 9.60. The van der Waals surface area contributed by atoms with Crippen LogP contribution >= 0.6 is 0 Å². The molecule has 0 bridgehead atoms. The first-order chi connectivity index (χ1) is 10.5. The molecule has 1 aromatic carbocycles. The van der Waals surface area contributed by atoms with E-state index in [-0.39, 0.29) is 30.4 Å². The number of carbonyl (C=O) groups excluding carboxylic acids is 2. The maximum Gasteiger partial charge on any atom is 0.410 e. The van der Waals surface area contributed by atoms with Crippen LogP contribution in [0.1, 0.15) is 18.9 Å². The maximum absolute atomic E-state index is 12.2. The third-order valence-electron chi connectivity index (χ3n) is 4.19. The van der Waals surface area contributed by atoms with Gasteiger partial charge in [-0.2, -0.15) is 0 Å². The van der Waals surface area contributed by atoms with Crippen LogP contribution in [0.5, 0.6) is 0 Å². The Bertz CT molecular complexity index is 516. The van der Waals surface area contributed by atoms with Crippen molar-refractivity contribution in [2.75, 3.05) is 27.2 Å². The fraction of sp³-hybridized carbons (Fsp3) is 0.529. The second-order valence-corrected chi connectivity index (χ2v) is 5.95. The lowest BCUT2D eigenvalue weighted by molar-refractivity contribution is -0.133. The molecule has 1 aliphatic rings. The van der Waals surface area contributed by atoms with Crippen LogP contribution < -0.4 is 0 Å². The lowest BCUT2D eigenvalue weighted by atomic mass is 9.93. The van der Waals surface area contributed by atoms with Crippen molar-refractivity contribution in [3.05, 3.63) is 35.9 Å². The molecule has 1 saturated heterocycles. The van der Waals surface area contributed by atoms with Gasteiger partial charge in [-0.05, 0) is 11.5 Å². The summed E-state index contributed by atoms with van der Waals surface area (Å²) >= 11 is 0. The Morgan fingerprint density at radius 2 is 1.91 bits per heavy atom. The molecule has 5 nitrogen and oxygen atoms in total. The minimum Gasteiger partial charge on any atom is -0.445 e. The van der Waals surface area contributed by atoms with Gasteiger partial charge in [0.25, 0.3) is 0 Å². The van der Waals surface area contributed by atoms with E-state index in [0.717, 1.165) is 12.0 Å². The molecule has 1 heterocycles. The van der Waals surface area contributed by atoms with Gasteiger partial charge in [-0.25, -0.2) is 4.79 Å². The summed E-state index contributed by atoms with van der Waals surface area (Å²) < 4.78 is 5.36. The standard InChI is InChI=1S/C17H24N2O3/c1-4-14-10-19(11-15(14)16(20)18(2)3)17(21)22-12-13-8-6-5-7-9-13/h5-9,14-15H,4,10-12H2,1-3H3/t14-,15+/m1/s1. The molecule has 2 amide bonds. The van der Waals surface area contributed by atoms with Gasteiger partial charge in [0.1, 0.15) is 6.61 Å². The number of amides is 2. The first kappa shape index (κ1) is 16.3. The molecule has 0 radical (unpaired) electrons. The third kappa shape index (κ3) is 3.78. The fourth-order valence-corrected chi connectivity index (χ4v) is 2.86. The van der Waals surface area contributed by atoms with Crippen molar-refractivity contribution in [1.82, 2.24) is 9.80 Å². The topological polar surface area (TPSA) is 49.9 Å². The number of likely N-dealkylation sites (tertiary alicyclic amines) is 1. The van der Waals surface area contributed by atoms with Crippen molar-refractivity contribution in [3.8, 4) is 0 Å². The molecule has 0 spiro atoms. The summed E-state index contributed by atoms with van der Waals surface area (Å²) in [4.78, 5) is 27.7. The summed E-state index contributed by atoms with van der Waals surface area (Å²) in [6.45, 7) is 3.36. The zero-order chi connectivity index (χ0) is 16.1. The normalized spacial score (nSPS) is 20.8. The number of benzene rings is 1. The van der Waals surface area contributed by atoms with E-state index in [4.69, 9.17) is 4.74 Å². The number of carbonyl (C=O) groups is 2. The SMILES string of the molecule is CC[C@@H]1CN(C(=O)OCc2ccccc2)C[C@@H]1C(=O)N(C)C. The molecule has 1 aromatic rings. The van der Waals surface area contributed by atoms with Crippen LogP contribution in [-0.4, -0.2) is 49.0 Å². The van der Waals surface area contributed by atoms with Gasteiger partial charge in [0, 0.05) is 27.2 Å². The Morgan fingerprint density at radius 1 is 1.23 bits per heavy atom. The molecule has 0 aliphatic carbocycles. The average Bonchev–Trinajstić information content (AvgIpc) is 2.97. The van der Waals surface area contributed by atoms with Gasteiger partial charge in [0.05, 0.1) is 5.92 Å². The summed E-state index contributed by atoms with van der Waals surface area (Å²) in [5, 5.41) is 0. The number of hydrogen-bond acceptors (Lipinski definition) is 3. The zero-order valence-corrected chi connectivity index (χ0v) is 13.5. The minimum absolute atomic E-state index is 0.0882. The summed E-state index contributed by atoms with van der Waals surface area (Å²) in [7, 11) is 3.51. The Labute approximate surface area is 131 Å². The number of ether oxygens (including phenoxy) is 1. The quantitative estimate of drug-likeness (QED) is 0.858. The van der Waals surface area contributed by atoms with Crippen molar-refractivity contribution >= 4 is 12.0 Å². The van der Waals surface area contributed by atoms with E-state index < -0.39 is 0 Å². The second kappa shape index (κ2) is 7.29. The summed E-state index contributed by atoms with van der Waals surface area (Å²) in [5.41, 5.74) is 0.961. The van der Waals surface area contributed by atoms with E-state index >= 15 is 0 Å². The second-order valence-electron chi connectivity index (χ2n) is 5.95. The maximum atomic E-state index is 12.2. The first-order valence-corrected chi connectivity index (χ1v) is 7.69. The van der Waals surface area contributed by atoms with E-state index in [0.29, 0.717) is 13.1 Å². The van der Waals surface area contributed by atoms with E-state index in [9.17, 15) is 9.59 Å². The first-order valence-electron chi connectivity index (χ1n) is 7.69. The molecule has 0 aromatic heterocycles. The van der Waals surface area contributed by atoms with Crippen molar-refractivity contribution < 1.29 is 14.3 Å². The predicted octanol–water partition coefficient (Wildman–Crippen LogP) is 2.37. The Hall–Kier alpha value is -2.04. The van der Waals surface area contributed by atoms with Gasteiger partial charge in [0.15, 0.2) is 0 Å². The molecule has 2 rings (SSSR count). The molecule has 1 aliphatic heterocycles. The van der Waals surface area contributed by atoms with E-state index in [1.54, 1.807) is 23.9 Å². The molecule has 0 N–H and O–H groups in total. The van der Waals surface area contributed by atoms with Crippen LogP contribution in [-0.2, 0) is 16.1 Å². The smallest absolute Gasteiger partial charge is 0.410 e. The van der Waals surface area contributed by atoms with E-state index in [1.165, 1.54) is 0 Å². The van der Waals surface area contributed by atoms with Gasteiger partial charge in [0.2, 0.25) is 5.91 Å². The van der Waals surface area contributed by atoms with Gasteiger partial charge in [-0.3, -0.25) is 4.79 Å². The van der Waals surface area contributed by atoms with E-state index in [2.05, 4.69) is 6.92 Å². The zero-order valence-electron chi connectivity index (χ0n) is 13.5. The van der Waals surface area contributed by atoms with Gasteiger partial charge >= 0.3 is 6.09 Å². The molecule has 0 unspecified atom stereocenters. The fourth-order valence-electron chi connectivity index (χ4n) is 2.86. The highest BCUT2D eigenvalue weighted by molar-refractivity contribution is 5.80. The van der Waals surface area contributed by atoms with Crippen molar-refractivity contribution in [1.29, 1.82) is 0 Å². The van der Waals surface area contributed by atoms with Crippen molar-refractivity contribution in [2.24, 2.45) is 11.8 Å². The van der Waals surface area contributed by atoms with Gasteiger partial charge in [-0.1, -0.05) is 43.7 Å². The number of hydrogen-bond donors (Lipinski definition) is 0. The highest BCUT2D eigenvalue weighted by Crippen LogP contribution is 2.28. The van der Waals surface area contributed by atoms with Crippen LogP contribution in [0.15, 0.2) is 30.3 Å². The molecular formula is C17H24N2O3. The third-order valence-corrected chi connectivity index (χ3v) is 4.19. The monoisotopic (exact) mass is 304 g/mol. The molecule has 5 heteroatoms. The molecule has 1 fully saturated rings. The van der Waals surface area contributed by atoms with Crippen LogP contribution in [0.2, 0.25) is 0 Å². The number of nitrogens with zero attached hydrogens (tertiary/aromatic N) is 2. The Morgan fingerprint density at radius 3 is 2.50 bits per heavy atom. The molecule has 120 valence electrons. The average molecular weight is 304 g/mol. The predicted molar refractivity (Wildman–Crippen MR) is 84.2 cm³/mol. The van der Waals surface area contributed by atoms with Crippen LogP contribution in [0.3, 0.4) is 0 Å². The van der Waals surface area contributed by atoms with E-state index in [1.807, 2.05) is 30.3 Å². The van der Waals surface area contributed by atoms with Gasteiger partial charge in [-0.15, -0.1) is 0 Å². The largest absolute Gasteiger partial charge is 0.445 e. The molecule has 2 atom stereocenters. The van der Waals surface area contributed by atoms with Gasteiger partial charge < -0.3 is 14.5 Å². The lowest BCUT2D eigenvalue weighted by Gasteiger charge is -2.20. The van der Waals surface area contributed by atoms with Crippen molar-refractivity contribution in [2.45, 2.75) is 20.0 Å². The molecule has 0 saturated carbocycles. The lowest BCUT2D eigenvalue weighted by Crippen LogP contribution is -2.35. The number of rotatable bonds is 4. The van der Waals surface area contributed by atoms with Crippen LogP contribution in [0.4, 0.5) is 4.79 Å².